The Morgan fingerprint density at radius 2 is 1.96 bits per heavy atom. The highest BCUT2D eigenvalue weighted by Gasteiger charge is 2.35. The number of rotatable bonds is 4. The first-order chi connectivity index (χ1) is 11.8. The SMILES string of the molecule is CO[C@H]1CC[C@H](C(C)(C)NC(=O)c2ccn3c(C)cc(C)nc23)CC1. The van der Waals surface area contributed by atoms with Crippen LogP contribution >= 0.6 is 0 Å². The van der Waals surface area contributed by atoms with Crippen LogP contribution in [0.15, 0.2) is 18.3 Å². The first-order valence-corrected chi connectivity index (χ1v) is 9.12. The van der Waals surface area contributed by atoms with Gasteiger partial charge < -0.3 is 14.5 Å². The number of carbonyl (C=O) groups excluding carboxylic acids is 1. The van der Waals surface area contributed by atoms with Crippen LogP contribution < -0.4 is 5.32 Å². The van der Waals surface area contributed by atoms with Gasteiger partial charge in [0.2, 0.25) is 0 Å². The Bertz CT molecular complexity index is 771. The molecule has 0 atom stereocenters. The van der Waals surface area contributed by atoms with Gasteiger partial charge in [-0.15, -0.1) is 0 Å². The Morgan fingerprint density at radius 3 is 2.60 bits per heavy atom. The zero-order chi connectivity index (χ0) is 18.2. The number of amides is 1. The molecule has 5 heteroatoms. The lowest BCUT2D eigenvalue weighted by molar-refractivity contribution is 0.0397. The molecule has 0 saturated heterocycles. The molecule has 0 radical (unpaired) electrons. The third-order valence-corrected chi connectivity index (χ3v) is 5.65. The van der Waals surface area contributed by atoms with Crippen LogP contribution in [-0.4, -0.2) is 34.0 Å². The number of carbonyl (C=O) groups is 1. The van der Waals surface area contributed by atoms with E-state index in [2.05, 4.69) is 24.1 Å². The Hall–Kier alpha value is -1.88. The van der Waals surface area contributed by atoms with Crippen molar-refractivity contribution in [1.82, 2.24) is 14.7 Å². The predicted molar refractivity (Wildman–Crippen MR) is 99.0 cm³/mol. The lowest BCUT2D eigenvalue weighted by atomic mass is 9.75. The van der Waals surface area contributed by atoms with Crippen molar-refractivity contribution in [3.05, 3.63) is 35.3 Å². The van der Waals surface area contributed by atoms with E-state index < -0.39 is 0 Å². The maximum Gasteiger partial charge on any atom is 0.255 e. The fourth-order valence-corrected chi connectivity index (χ4v) is 4.05. The normalized spacial score (nSPS) is 21.5. The van der Waals surface area contributed by atoms with Crippen LogP contribution in [0.5, 0.6) is 0 Å². The van der Waals surface area contributed by atoms with Crippen molar-refractivity contribution >= 4 is 11.6 Å². The number of nitrogens with zero attached hydrogens (tertiary/aromatic N) is 2. The van der Waals surface area contributed by atoms with Crippen LogP contribution in [-0.2, 0) is 4.74 Å². The second kappa shape index (κ2) is 6.79. The molecule has 1 fully saturated rings. The molecule has 25 heavy (non-hydrogen) atoms. The van der Waals surface area contributed by atoms with E-state index in [4.69, 9.17) is 4.74 Å². The van der Waals surface area contributed by atoms with Crippen LogP contribution in [0.25, 0.3) is 5.65 Å². The maximum atomic E-state index is 12.9. The molecule has 2 aromatic heterocycles. The van der Waals surface area contributed by atoms with Crippen molar-refractivity contribution < 1.29 is 9.53 Å². The molecule has 136 valence electrons. The molecule has 0 unspecified atom stereocenters. The minimum atomic E-state index is -0.247. The summed E-state index contributed by atoms with van der Waals surface area (Å²) >= 11 is 0. The molecule has 1 saturated carbocycles. The summed E-state index contributed by atoms with van der Waals surface area (Å²) in [6.45, 7) is 8.25. The van der Waals surface area contributed by atoms with E-state index in [0.29, 0.717) is 17.6 Å². The smallest absolute Gasteiger partial charge is 0.255 e. The Labute approximate surface area is 149 Å². The van der Waals surface area contributed by atoms with Crippen molar-refractivity contribution in [3.8, 4) is 0 Å². The van der Waals surface area contributed by atoms with Gasteiger partial charge in [0.1, 0.15) is 5.65 Å². The van der Waals surface area contributed by atoms with Crippen molar-refractivity contribution in [2.24, 2.45) is 5.92 Å². The molecule has 2 heterocycles. The highest BCUT2D eigenvalue weighted by atomic mass is 16.5. The summed E-state index contributed by atoms with van der Waals surface area (Å²) in [6.07, 6.45) is 6.58. The number of nitrogens with one attached hydrogen (secondary N) is 1. The summed E-state index contributed by atoms with van der Waals surface area (Å²) in [5.74, 6) is 0.423. The van der Waals surface area contributed by atoms with Crippen LogP contribution in [0.4, 0.5) is 0 Å². The van der Waals surface area contributed by atoms with Crippen LogP contribution in [0.3, 0.4) is 0 Å². The molecule has 1 N–H and O–H groups in total. The van der Waals surface area contributed by atoms with Crippen LogP contribution in [0.1, 0.15) is 61.3 Å². The first kappa shape index (κ1) is 17.9. The van der Waals surface area contributed by atoms with Gasteiger partial charge in [-0.25, -0.2) is 4.98 Å². The van der Waals surface area contributed by atoms with Crippen molar-refractivity contribution in [2.75, 3.05) is 7.11 Å². The van der Waals surface area contributed by atoms with E-state index in [1.54, 1.807) is 7.11 Å². The van der Waals surface area contributed by atoms with Gasteiger partial charge in [0.05, 0.1) is 11.7 Å². The lowest BCUT2D eigenvalue weighted by Crippen LogP contribution is -2.50. The number of ether oxygens (including phenoxy) is 1. The number of aromatic nitrogens is 2. The molecule has 0 aliphatic heterocycles. The molecule has 0 aromatic carbocycles. The lowest BCUT2D eigenvalue weighted by Gasteiger charge is -2.39. The quantitative estimate of drug-likeness (QED) is 0.921. The van der Waals surface area contributed by atoms with E-state index >= 15 is 0 Å². The number of fused-ring (bicyclic) bond motifs is 1. The second-order valence-electron chi connectivity index (χ2n) is 7.85. The van der Waals surface area contributed by atoms with Crippen molar-refractivity contribution in [1.29, 1.82) is 0 Å². The largest absolute Gasteiger partial charge is 0.381 e. The molecular formula is C20H29N3O2. The minimum absolute atomic E-state index is 0.0427. The summed E-state index contributed by atoms with van der Waals surface area (Å²) in [5.41, 5.74) is 3.14. The van der Waals surface area contributed by atoms with E-state index in [1.807, 2.05) is 36.6 Å². The summed E-state index contributed by atoms with van der Waals surface area (Å²) in [5, 5.41) is 3.26. The van der Waals surface area contributed by atoms with Crippen LogP contribution in [0, 0.1) is 19.8 Å². The maximum absolute atomic E-state index is 12.9. The zero-order valence-corrected chi connectivity index (χ0v) is 15.9. The van der Waals surface area contributed by atoms with Crippen molar-refractivity contribution in [2.45, 2.75) is 65.0 Å². The topological polar surface area (TPSA) is 55.6 Å². The molecule has 0 bridgehead atoms. The van der Waals surface area contributed by atoms with Gasteiger partial charge in [0.25, 0.3) is 5.91 Å². The average molecular weight is 343 g/mol. The molecule has 1 amide bonds. The Balaban J connectivity index is 1.78. The van der Waals surface area contributed by atoms with Gasteiger partial charge in [0.15, 0.2) is 0 Å². The van der Waals surface area contributed by atoms with Gasteiger partial charge in [-0.2, -0.15) is 0 Å². The molecule has 2 aromatic rings. The Kier molecular flexibility index (Phi) is 4.87. The molecule has 0 spiro atoms. The first-order valence-electron chi connectivity index (χ1n) is 9.12. The summed E-state index contributed by atoms with van der Waals surface area (Å²) in [6, 6.07) is 3.88. The molecule has 1 aliphatic carbocycles. The summed E-state index contributed by atoms with van der Waals surface area (Å²) < 4.78 is 7.44. The van der Waals surface area contributed by atoms with E-state index in [9.17, 15) is 4.79 Å². The molecule has 3 rings (SSSR count). The number of hydrogen-bond acceptors (Lipinski definition) is 3. The van der Waals surface area contributed by atoms with Crippen molar-refractivity contribution in [3.63, 3.8) is 0 Å². The fourth-order valence-electron chi connectivity index (χ4n) is 4.05. The minimum Gasteiger partial charge on any atom is -0.381 e. The standard InChI is InChI=1S/C20H29N3O2/c1-13-12-14(2)23-11-10-17(18(23)21-13)19(24)22-20(3,4)15-6-8-16(25-5)9-7-15/h10-12,15-16H,6-9H2,1-5H3,(H,22,24)/t15-,16-. The Morgan fingerprint density at radius 1 is 1.28 bits per heavy atom. The number of hydrogen-bond donors (Lipinski definition) is 1. The summed E-state index contributed by atoms with van der Waals surface area (Å²) in [4.78, 5) is 17.5. The second-order valence-corrected chi connectivity index (χ2v) is 7.85. The number of methoxy groups -OCH3 is 1. The third-order valence-electron chi connectivity index (χ3n) is 5.65. The van der Waals surface area contributed by atoms with Gasteiger partial charge in [0, 0.05) is 30.2 Å². The van der Waals surface area contributed by atoms with Gasteiger partial charge in [-0.1, -0.05) is 0 Å². The average Bonchev–Trinajstić information content (AvgIpc) is 2.98. The van der Waals surface area contributed by atoms with Gasteiger partial charge >= 0.3 is 0 Å². The highest BCUT2D eigenvalue weighted by Crippen LogP contribution is 2.34. The fraction of sp³-hybridized carbons (Fsp3) is 0.600. The highest BCUT2D eigenvalue weighted by molar-refractivity contribution is 6.00. The molecule has 1 aliphatic rings. The van der Waals surface area contributed by atoms with E-state index in [-0.39, 0.29) is 11.4 Å². The summed E-state index contributed by atoms with van der Waals surface area (Å²) in [7, 11) is 1.78. The van der Waals surface area contributed by atoms with Gasteiger partial charge in [-0.05, 0) is 71.4 Å². The zero-order valence-electron chi connectivity index (χ0n) is 15.9. The van der Waals surface area contributed by atoms with Gasteiger partial charge in [-0.3, -0.25) is 4.79 Å². The third kappa shape index (κ3) is 3.56. The molecular weight excluding hydrogens is 314 g/mol. The van der Waals surface area contributed by atoms with Crippen LogP contribution in [0.2, 0.25) is 0 Å². The van der Waals surface area contributed by atoms with E-state index in [1.165, 1.54) is 0 Å². The monoisotopic (exact) mass is 343 g/mol. The predicted octanol–water partition coefficient (Wildman–Crippen LogP) is 3.66. The number of aryl methyl sites for hydroxylation is 2. The van der Waals surface area contributed by atoms with E-state index in [0.717, 1.165) is 42.7 Å². The molecule has 5 nitrogen and oxygen atoms in total.